The molecule has 0 bridgehead atoms. The molecule has 0 atom stereocenters. The Morgan fingerprint density at radius 3 is 2.40 bits per heavy atom. The molecule has 0 saturated carbocycles. The fraction of sp³-hybridized carbons (Fsp3) is 0.125. The summed E-state index contributed by atoms with van der Waals surface area (Å²) in [4.78, 5) is 11.2. The molecule has 0 heterocycles. The largest absolute Gasteiger partial charge is 0.508 e. The first-order chi connectivity index (χ1) is 11.8. The number of carbonyl (C=O) groups excluding carboxylic acids is 1. The second-order valence-corrected chi connectivity index (χ2v) is 6.82. The third-order valence-electron chi connectivity index (χ3n) is 3.20. The molecule has 0 saturated heterocycles. The van der Waals surface area contributed by atoms with Gasteiger partial charge in [-0.2, -0.15) is 5.26 Å². The van der Waals surface area contributed by atoms with Crippen LogP contribution in [0, 0.1) is 18.3 Å². The third-order valence-corrected chi connectivity index (χ3v) is 4.58. The van der Waals surface area contributed by atoms with Crippen molar-refractivity contribution in [1.82, 2.24) is 5.43 Å². The molecule has 0 unspecified atom stereocenters. The zero-order valence-electron chi connectivity index (χ0n) is 13.3. The van der Waals surface area contributed by atoms with Crippen LogP contribution in [0.3, 0.4) is 0 Å². The highest BCUT2D eigenvalue weighted by Gasteiger charge is 2.15. The zero-order valence-corrected chi connectivity index (χ0v) is 14.1. The Morgan fingerprint density at radius 2 is 1.80 bits per heavy atom. The lowest BCUT2D eigenvalue weighted by Gasteiger charge is -2.11. The fourth-order valence-corrected chi connectivity index (χ4v) is 3.03. The van der Waals surface area contributed by atoms with Gasteiger partial charge in [-0.05, 0) is 55.0 Å². The fourth-order valence-electron chi connectivity index (χ4n) is 1.89. The van der Waals surface area contributed by atoms with Gasteiger partial charge < -0.3 is 5.11 Å². The number of carbonyl (C=O) groups is 1. The highest BCUT2D eigenvalue weighted by atomic mass is 32.2. The minimum atomic E-state index is -3.79. The molecule has 4 N–H and O–H groups in total. The summed E-state index contributed by atoms with van der Waals surface area (Å²) in [6, 6.07) is 11.9. The number of hydrogen-bond acceptors (Lipinski definition) is 6. The van der Waals surface area contributed by atoms with E-state index in [2.05, 4.69) is 15.6 Å². The number of nitrogens with one attached hydrogen (secondary N) is 3. The first-order valence-electron chi connectivity index (χ1n) is 7.16. The van der Waals surface area contributed by atoms with Crippen molar-refractivity contribution in [2.24, 2.45) is 0 Å². The molecule has 0 radical (unpaired) electrons. The van der Waals surface area contributed by atoms with Gasteiger partial charge in [0.05, 0.1) is 16.7 Å². The van der Waals surface area contributed by atoms with E-state index in [-0.39, 0.29) is 17.1 Å². The SMILES string of the molecule is Cc1cc(S(=O)(=O)Nc2ccc(NNC(=O)CC#N)cc2)ccc1O. The van der Waals surface area contributed by atoms with Gasteiger partial charge in [-0.15, -0.1) is 0 Å². The maximum absolute atomic E-state index is 12.3. The van der Waals surface area contributed by atoms with Crippen LogP contribution in [-0.2, 0) is 14.8 Å². The van der Waals surface area contributed by atoms with Gasteiger partial charge in [-0.25, -0.2) is 8.42 Å². The molecule has 0 fully saturated rings. The van der Waals surface area contributed by atoms with Crippen LogP contribution in [0.2, 0.25) is 0 Å². The second-order valence-electron chi connectivity index (χ2n) is 5.14. The molecule has 9 heteroatoms. The molecule has 1 amide bonds. The minimum Gasteiger partial charge on any atom is -0.508 e. The summed E-state index contributed by atoms with van der Waals surface area (Å²) in [6.45, 7) is 1.61. The van der Waals surface area contributed by atoms with E-state index in [4.69, 9.17) is 5.26 Å². The molecular weight excluding hydrogens is 344 g/mol. The van der Waals surface area contributed by atoms with Crippen molar-refractivity contribution in [2.45, 2.75) is 18.2 Å². The third kappa shape index (κ3) is 4.86. The van der Waals surface area contributed by atoms with Crippen LogP contribution >= 0.6 is 0 Å². The smallest absolute Gasteiger partial charge is 0.261 e. The summed E-state index contributed by atoms with van der Waals surface area (Å²) < 4.78 is 27.1. The van der Waals surface area contributed by atoms with Crippen molar-refractivity contribution >= 4 is 27.3 Å². The molecule has 0 aliphatic heterocycles. The molecule has 0 aliphatic carbocycles. The van der Waals surface area contributed by atoms with Crippen molar-refractivity contribution in [3.63, 3.8) is 0 Å². The second kappa shape index (κ2) is 7.55. The topological polar surface area (TPSA) is 131 Å². The number of sulfonamides is 1. The van der Waals surface area contributed by atoms with Gasteiger partial charge in [-0.3, -0.25) is 20.4 Å². The van der Waals surface area contributed by atoms with Gasteiger partial charge in [0.15, 0.2) is 0 Å². The predicted molar refractivity (Wildman–Crippen MR) is 92.1 cm³/mol. The van der Waals surface area contributed by atoms with Crippen LogP contribution in [0.1, 0.15) is 12.0 Å². The summed E-state index contributed by atoms with van der Waals surface area (Å²) in [5.41, 5.74) is 6.25. The number of hydrazine groups is 1. The first-order valence-corrected chi connectivity index (χ1v) is 8.64. The number of benzene rings is 2. The van der Waals surface area contributed by atoms with Crippen LogP contribution in [0.5, 0.6) is 5.75 Å². The maximum atomic E-state index is 12.3. The number of rotatable bonds is 6. The minimum absolute atomic E-state index is 0.0211. The molecule has 0 spiro atoms. The molecule has 2 aromatic carbocycles. The Morgan fingerprint density at radius 1 is 1.16 bits per heavy atom. The number of phenolic OH excluding ortho intramolecular Hbond substituents is 1. The molecule has 8 nitrogen and oxygen atoms in total. The highest BCUT2D eigenvalue weighted by molar-refractivity contribution is 7.92. The number of aryl methyl sites for hydroxylation is 1. The number of anilines is 2. The van der Waals surface area contributed by atoms with E-state index < -0.39 is 15.9 Å². The molecule has 0 aromatic heterocycles. The summed E-state index contributed by atoms with van der Waals surface area (Å²) in [6.07, 6.45) is -0.267. The van der Waals surface area contributed by atoms with Crippen LogP contribution in [-0.4, -0.2) is 19.4 Å². The first kappa shape index (κ1) is 18.1. The van der Waals surface area contributed by atoms with E-state index in [0.29, 0.717) is 16.9 Å². The van der Waals surface area contributed by atoms with Gasteiger partial charge in [0, 0.05) is 5.69 Å². The van der Waals surface area contributed by atoms with Crippen LogP contribution in [0.25, 0.3) is 0 Å². The number of hydrogen-bond donors (Lipinski definition) is 4. The van der Waals surface area contributed by atoms with Crippen molar-refractivity contribution in [1.29, 1.82) is 5.26 Å². The van der Waals surface area contributed by atoms with E-state index in [1.54, 1.807) is 25.1 Å². The lowest BCUT2D eigenvalue weighted by atomic mass is 10.2. The number of amides is 1. The molecule has 0 aliphatic rings. The number of aromatic hydroxyl groups is 1. The normalized spacial score (nSPS) is 10.6. The Kier molecular flexibility index (Phi) is 5.46. The lowest BCUT2D eigenvalue weighted by Crippen LogP contribution is -2.28. The maximum Gasteiger partial charge on any atom is 0.261 e. The Labute approximate surface area is 145 Å². The van der Waals surface area contributed by atoms with E-state index in [1.165, 1.54) is 30.3 Å². The molecule has 2 rings (SSSR count). The van der Waals surface area contributed by atoms with Crippen molar-refractivity contribution in [3.05, 3.63) is 48.0 Å². The van der Waals surface area contributed by atoms with Gasteiger partial charge in [-0.1, -0.05) is 0 Å². The van der Waals surface area contributed by atoms with Gasteiger partial charge in [0.1, 0.15) is 12.2 Å². The Bertz CT molecular complexity index is 918. The number of nitrogens with zero attached hydrogens (tertiary/aromatic N) is 1. The highest BCUT2D eigenvalue weighted by Crippen LogP contribution is 2.22. The van der Waals surface area contributed by atoms with E-state index in [1.807, 2.05) is 0 Å². The van der Waals surface area contributed by atoms with Crippen LogP contribution in [0.4, 0.5) is 11.4 Å². The Hall–Kier alpha value is -3.25. The monoisotopic (exact) mass is 360 g/mol. The number of nitriles is 1. The predicted octanol–water partition coefficient (Wildman–Crippen LogP) is 1.86. The molecule has 2 aromatic rings. The van der Waals surface area contributed by atoms with E-state index in [0.717, 1.165) is 0 Å². The van der Waals surface area contributed by atoms with Crippen molar-refractivity contribution in [3.8, 4) is 11.8 Å². The van der Waals surface area contributed by atoms with Gasteiger partial charge in [0.2, 0.25) is 0 Å². The Balaban J connectivity index is 2.06. The average molecular weight is 360 g/mol. The van der Waals surface area contributed by atoms with Gasteiger partial charge in [0.25, 0.3) is 15.9 Å². The van der Waals surface area contributed by atoms with E-state index in [9.17, 15) is 18.3 Å². The summed E-state index contributed by atoms with van der Waals surface area (Å²) >= 11 is 0. The summed E-state index contributed by atoms with van der Waals surface area (Å²) in [5, 5.41) is 17.9. The van der Waals surface area contributed by atoms with E-state index >= 15 is 0 Å². The molecule has 130 valence electrons. The van der Waals surface area contributed by atoms with Gasteiger partial charge >= 0.3 is 0 Å². The van der Waals surface area contributed by atoms with Crippen LogP contribution in [0.15, 0.2) is 47.4 Å². The average Bonchev–Trinajstić information content (AvgIpc) is 2.56. The summed E-state index contributed by atoms with van der Waals surface area (Å²) in [7, 11) is -3.79. The summed E-state index contributed by atoms with van der Waals surface area (Å²) in [5.74, 6) is -0.456. The molecular formula is C16H16N4O4S. The lowest BCUT2D eigenvalue weighted by molar-refractivity contribution is -0.119. The van der Waals surface area contributed by atoms with Crippen molar-refractivity contribution < 1.29 is 18.3 Å². The quantitative estimate of drug-likeness (QED) is 0.582. The number of phenols is 1. The zero-order chi connectivity index (χ0) is 18.4. The standard InChI is InChI=1S/C16H16N4O4S/c1-11-10-14(6-7-15(11)21)25(23,24)20-13-4-2-12(3-5-13)18-19-16(22)8-9-17/h2-7,10,18,20-21H,8H2,1H3,(H,19,22). The van der Waals surface area contributed by atoms with Crippen molar-refractivity contribution in [2.75, 3.05) is 10.1 Å². The molecule has 25 heavy (non-hydrogen) atoms. The van der Waals surface area contributed by atoms with Crippen LogP contribution < -0.4 is 15.6 Å².